The first-order chi connectivity index (χ1) is 11.1. The molecule has 1 aromatic carbocycles. The van der Waals surface area contributed by atoms with Gasteiger partial charge in [0.2, 0.25) is 11.8 Å². The van der Waals surface area contributed by atoms with Crippen molar-refractivity contribution in [1.29, 1.82) is 0 Å². The lowest BCUT2D eigenvalue weighted by molar-refractivity contribution is -0.124. The maximum Gasteiger partial charge on any atom is 0.245 e. The molecule has 0 atom stereocenters. The Morgan fingerprint density at radius 3 is 2.74 bits per heavy atom. The molecule has 7 nitrogen and oxygen atoms in total. The molecule has 7 heteroatoms. The first-order valence-electron chi connectivity index (χ1n) is 7.20. The van der Waals surface area contributed by atoms with Crippen LogP contribution in [0.2, 0.25) is 0 Å². The normalized spacial score (nSPS) is 10.2. The number of amides is 2. The van der Waals surface area contributed by atoms with Crippen LogP contribution in [0, 0.1) is 6.92 Å². The molecule has 0 radical (unpaired) electrons. The third kappa shape index (κ3) is 5.14. The highest BCUT2D eigenvalue weighted by atomic mass is 16.5. The molecule has 2 N–H and O–H groups in total. The Balaban J connectivity index is 1.73. The number of para-hydroxylation sites is 1. The van der Waals surface area contributed by atoms with Gasteiger partial charge in [-0.2, -0.15) is 0 Å². The van der Waals surface area contributed by atoms with Gasteiger partial charge in [-0.3, -0.25) is 9.59 Å². The summed E-state index contributed by atoms with van der Waals surface area (Å²) in [6.07, 6.45) is 0.816. The number of benzene rings is 1. The Kier molecular flexibility index (Phi) is 5.74. The van der Waals surface area contributed by atoms with E-state index in [0.29, 0.717) is 18.0 Å². The van der Waals surface area contributed by atoms with Crippen molar-refractivity contribution in [3.8, 4) is 5.75 Å². The van der Waals surface area contributed by atoms with E-state index >= 15 is 0 Å². The van der Waals surface area contributed by atoms with E-state index in [2.05, 4.69) is 15.8 Å². The zero-order valence-corrected chi connectivity index (χ0v) is 13.1. The van der Waals surface area contributed by atoms with Gasteiger partial charge in [0.25, 0.3) is 0 Å². The molecule has 0 aliphatic rings. The van der Waals surface area contributed by atoms with Crippen molar-refractivity contribution in [2.75, 3.05) is 19.0 Å². The van der Waals surface area contributed by atoms with E-state index in [9.17, 15) is 9.59 Å². The van der Waals surface area contributed by atoms with Gasteiger partial charge >= 0.3 is 0 Å². The van der Waals surface area contributed by atoms with E-state index in [1.807, 2.05) is 24.3 Å². The average molecular weight is 317 g/mol. The molecule has 0 spiro atoms. The Labute approximate surface area is 134 Å². The topological polar surface area (TPSA) is 93.5 Å². The molecule has 2 aromatic rings. The van der Waals surface area contributed by atoms with Crippen molar-refractivity contribution in [3.05, 3.63) is 41.7 Å². The number of ether oxygens (including phenoxy) is 1. The van der Waals surface area contributed by atoms with Crippen LogP contribution in [0.25, 0.3) is 0 Å². The number of carbonyl (C=O) groups is 2. The molecule has 2 amide bonds. The molecule has 0 saturated carbocycles. The average Bonchev–Trinajstić information content (AvgIpc) is 2.96. The smallest absolute Gasteiger partial charge is 0.245 e. The van der Waals surface area contributed by atoms with Crippen LogP contribution in [0.4, 0.5) is 5.82 Å². The van der Waals surface area contributed by atoms with Gasteiger partial charge in [-0.1, -0.05) is 23.4 Å². The van der Waals surface area contributed by atoms with Crippen molar-refractivity contribution in [1.82, 2.24) is 10.5 Å². The lowest BCUT2D eigenvalue weighted by Gasteiger charge is -2.08. The number of rotatable bonds is 7. The Hall–Kier alpha value is -2.83. The summed E-state index contributed by atoms with van der Waals surface area (Å²) >= 11 is 0. The van der Waals surface area contributed by atoms with Crippen LogP contribution >= 0.6 is 0 Å². The molecule has 0 aliphatic heterocycles. The second kappa shape index (κ2) is 7.98. The number of carbonyl (C=O) groups excluding carboxylic acids is 2. The number of aromatic nitrogens is 1. The molecule has 0 saturated heterocycles. The monoisotopic (exact) mass is 317 g/mol. The molecular formula is C16H19N3O4. The Morgan fingerprint density at radius 2 is 2.04 bits per heavy atom. The van der Waals surface area contributed by atoms with Gasteiger partial charge in [-0.05, 0) is 25.0 Å². The lowest BCUT2D eigenvalue weighted by Crippen LogP contribution is -2.33. The minimum atomic E-state index is -0.357. The van der Waals surface area contributed by atoms with E-state index in [0.717, 1.165) is 11.3 Å². The van der Waals surface area contributed by atoms with Crippen molar-refractivity contribution in [2.24, 2.45) is 0 Å². The molecular weight excluding hydrogens is 298 g/mol. The van der Waals surface area contributed by atoms with Crippen LogP contribution in [0.15, 0.2) is 34.9 Å². The van der Waals surface area contributed by atoms with Crippen LogP contribution in [0.5, 0.6) is 5.75 Å². The summed E-state index contributed by atoms with van der Waals surface area (Å²) < 4.78 is 10.1. The summed E-state index contributed by atoms with van der Waals surface area (Å²) in [5.74, 6) is 1.11. The fraction of sp³-hybridized carbons (Fsp3) is 0.312. The van der Waals surface area contributed by atoms with E-state index in [1.54, 1.807) is 20.1 Å². The number of hydrogen-bond acceptors (Lipinski definition) is 5. The lowest BCUT2D eigenvalue weighted by atomic mass is 10.1. The molecule has 1 aromatic heterocycles. The Bertz CT molecular complexity index is 681. The second-order valence-corrected chi connectivity index (χ2v) is 4.96. The zero-order chi connectivity index (χ0) is 16.7. The molecule has 23 heavy (non-hydrogen) atoms. The fourth-order valence-electron chi connectivity index (χ4n) is 2.04. The SMILES string of the molecule is COc1ccccc1CCC(=O)NCC(=O)Nc1cc(C)on1. The third-order valence-electron chi connectivity index (χ3n) is 3.16. The summed E-state index contributed by atoms with van der Waals surface area (Å²) in [6.45, 7) is 1.61. The van der Waals surface area contributed by atoms with Crippen molar-refractivity contribution in [2.45, 2.75) is 19.8 Å². The van der Waals surface area contributed by atoms with Crippen LogP contribution < -0.4 is 15.4 Å². The van der Waals surface area contributed by atoms with Crippen LogP contribution in [0.3, 0.4) is 0 Å². The largest absolute Gasteiger partial charge is 0.496 e. The molecule has 122 valence electrons. The molecule has 2 rings (SSSR count). The molecule has 0 aliphatic carbocycles. The highest BCUT2D eigenvalue weighted by molar-refractivity contribution is 5.93. The van der Waals surface area contributed by atoms with Crippen LogP contribution in [-0.4, -0.2) is 30.6 Å². The number of anilines is 1. The first kappa shape index (κ1) is 16.5. The summed E-state index contributed by atoms with van der Waals surface area (Å²) in [5, 5.41) is 8.74. The molecule has 0 bridgehead atoms. The number of nitrogens with one attached hydrogen (secondary N) is 2. The third-order valence-corrected chi connectivity index (χ3v) is 3.16. The van der Waals surface area contributed by atoms with E-state index in [1.165, 1.54) is 0 Å². The van der Waals surface area contributed by atoms with Crippen molar-refractivity contribution in [3.63, 3.8) is 0 Å². The zero-order valence-electron chi connectivity index (χ0n) is 13.1. The summed E-state index contributed by atoms with van der Waals surface area (Å²) in [7, 11) is 1.59. The van der Waals surface area contributed by atoms with E-state index in [4.69, 9.17) is 9.26 Å². The van der Waals surface area contributed by atoms with Crippen LogP contribution in [0.1, 0.15) is 17.7 Å². The van der Waals surface area contributed by atoms with Crippen molar-refractivity contribution < 1.29 is 18.8 Å². The number of hydrogen-bond donors (Lipinski definition) is 2. The van der Waals surface area contributed by atoms with Crippen molar-refractivity contribution >= 4 is 17.6 Å². The van der Waals surface area contributed by atoms with Gasteiger partial charge in [0, 0.05) is 12.5 Å². The van der Waals surface area contributed by atoms with Gasteiger partial charge in [-0.15, -0.1) is 0 Å². The van der Waals surface area contributed by atoms with Gasteiger partial charge in [-0.25, -0.2) is 0 Å². The number of nitrogens with zero attached hydrogens (tertiary/aromatic N) is 1. The van der Waals surface area contributed by atoms with E-state index < -0.39 is 0 Å². The predicted molar refractivity (Wildman–Crippen MR) is 84.2 cm³/mol. The summed E-state index contributed by atoms with van der Waals surface area (Å²) in [4.78, 5) is 23.5. The van der Waals surface area contributed by atoms with Gasteiger partial charge in [0.05, 0.1) is 13.7 Å². The fourth-order valence-corrected chi connectivity index (χ4v) is 2.04. The minimum absolute atomic E-state index is 0.114. The maximum atomic E-state index is 11.8. The first-order valence-corrected chi connectivity index (χ1v) is 7.20. The Morgan fingerprint density at radius 1 is 1.26 bits per heavy atom. The quantitative estimate of drug-likeness (QED) is 0.810. The molecule has 0 fully saturated rings. The second-order valence-electron chi connectivity index (χ2n) is 4.96. The summed E-state index contributed by atoms with van der Waals surface area (Å²) in [5.41, 5.74) is 0.952. The standard InChI is InChI=1S/C16H19N3O4/c1-11-9-14(19-23-11)18-16(21)10-17-15(20)8-7-12-5-3-4-6-13(12)22-2/h3-6,9H,7-8,10H2,1-2H3,(H,17,20)(H,18,19,21). The predicted octanol–water partition coefficient (Wildman–Crippen LogP) is 1.68. The maximum absolute atomic E-state index is 11.8. The van der Waals surface area contributed by atoms with Gasteiger partial charge in [0.15, 0.2) is 5.82 Å². The molecule has 0 unspecified atom stereocenters. The molecule has 1 heterocycles. The van der Waals surface area contributed by atoms with Gasteiger partial charge in [0.1, 0.15) is 11.5 Å². The van der Waals surface area contributed by atoms with E-state index in [-0.39, 0.29) is 24.8 Å². The van der Waals surface area contributed by atoms with Gasteiger partial charge < -0.3 is 19.9 Å². The highest BCUT2D eigenvalue weighted by Crippen LogP contribution is 2.18. The highest BCUT2D eigenvalue weighted by Gasteiger charge is 2.09. The van der Waals surface area contributed by atoms with Crippen LogP contribution in [-0.2, 0) is 16.0 Å². The summed E-state index contributed by atoms with van der Waals surface area (Å²) in [6, 6.07) is 9.12. The number of methoxy groups -OCH3 is 1. The minimum Gasteiger partial charge on any atom is -0.496 e. The number of aryl methyl sites for hydroxylation is 2.